The van der Waals surface area contributed by atoms with Crippen LogP contribution in [0.4, 0.5) is 11.4 Å². The first-order chi connectivity index (χ1) is 15.7. The molecule has 33 heavy (non-hydrogen) atoms. The van der Waals surface area contributed by atoms with Crippen LogP contribution in [0, 0.1) is 16.0 Å². The van der Waals surface area contributed by atoms with Crippen molar-refractivity contribution in [2.75, 3.05) is 31.6 Å². The number of esters is 1. The standard InChI is InChI=1S/C22H25N3O7S/c1-2-32-22(27)16-10-12-24(13-11-16)33(30,31)20-5-3-4-17(14-20)21(26)15-23-18-6-8-19(9-7-18)25(28)29/h3-9,14,16,23H,2,10-13,15H2,1H3. The van der Waals surface area contributed by atoms with E-state index in [0.29, 0.717) is 18.5 Å². The number of ether oxygens (including phenoxy) is 1. The van der Waals surface area contributed by atoms with Gasteiger partial charge in [0.2, 0.25) is 10.0 Å². The zero-order valence-corrected chi connectivity index (χ0v) is 18.9. The number of ketones is 1. The van der Waals surface area contributed by atoms with E-state index in [1.54, 1.807) is 6.92 Å². The highest BCUT2D eigenvalue weighted by Crippen LogP contribution is 2.25. The molecule has 1 heterocycles. The van der Waals surface area contributed by atoms with Crippen molar-refractivity contribution in [3.8, 4) is 0 Å². The fourth-order valence-corrected chi connectivity index (χ4v) is 5.07. The highest BCUT2D eigenvalue weighted by molar-refractivity contribution is 7.89. The second-order valence-corrected chi connectivity index (χ2v) is 9.48. The molecule has 3 rings (SSSR count). The molecule has 11 heteroatoms. The lowest BCUT2D eigenvalue weighted by atomic mass is 9.98. The van der Waals surface area contributed by atoms with Gasteiger partial charge >= 0.3 is 5.97 Å². The number of nitro groups is 1. The summed E-state index contributed by atoms with van der Waals surface area (Å²) < 4.78 is 32.5. The third-order valence-corrected chi connectivity index (χ3v) is 7.29. The van der Waals surface area contributed by atoms with Gasteiger partial charge in [-0.1, -0.05) is 12.1 Å². The Kier molecular flexibility index (Phi) is 7.77. The normalized spacial score (nSPS) is 15.1. The van der Waals surface area contributed by atoms with Crippen LogP contribution in [0.2, 0.25) is 0 Å². The number of benzene rings is 2. The van der Waals surface area contributed by atoms with Crippen LogP contribution in [-0.2, 0) is 19.6 Å². The molecule has 2 aromatic rings. The van der Waals surface area contributed by atoms with Crippen molar-refractivity contribution >= 4 is 33.2 Å². The third kappa shape index (κ3) is 5.93. The summed E-state index contributed by atoms with van der Waals surface area (Å²) in [4.78, 5) is 34.7. The van der Waals surface area contributed by atoms with E-state index in [2.05, 4.69) is 5.32 Å². The molecule has 2 aromatic carbocycles. The van der Waals surface area contributed by atoms with Crippen LogP contribution in [0.15, 0.2) is 53.4 Å². The molecule has 0 spiro atoms. The molecule has 0 unspecified atom stereocenters. The number of sulfonamides is 1. The Morgan fingerprint density at radius 3 is 2.42 bits per heavy atom. The lowest BCUT2D eigenvalue weighted by Crippen LogP contribution is -2.40. The molecule has 1 fully saturated rings. The van der Waals surface area contributed by atoms with Crippen LogP contribution in [0.3, 0.4) is 0 Å². The summed E-state index contributed by atoms with van der Waals surface area (Å²) in [6, 6.07) is 11.5. The van der Waals surface area contributed by atoms with Gasteiger partial charge in [0, 0.05) is 36.5 Å². The lowest BCUT2D eigenvalue weighted by Gasteiger charge is -2.30. The van der Waals surface area contributed by atoms with E-state index in [0.717, 1.165) is 0 Å². The molecular weight excluding hydrogens is 450 g/mol. The zero-order valence-electron chi connectivity index (χ0n) is 18.1. The van der Waals surface area contributed by atoms with E-state index in [-0.39, 0.29) is 60.1 Å². The Balaban J connectivity index is 1.64. The molecule has 1 aliphatic heterocycles. The van der Waals surface area contributed by atoms with Crippen molar-refractivity contribution in [2.45, 2.75) is 24.7 Å². The van der Waals surface area contributed by atoms with E-state index in [1.807, 2.05) is 0 Å². The number of nitrogens with one attached hydrogen (secondary N) is 1. The van der Waals surface area contributed by atoms with Gasteiger partial charge in [-0.3, -0.25) is 19.7 Å². The van der Waals surface area contributed by atoms with Crippen molar-refractivity contribution < 1.29 is 27.7 Å². The number of hydrogen-bond donors (Lipinski definition) is 1. The smallest absolute Gasteiger partial charge is 0.309 e. The monoisotopic (exact) mass is 475 g/mol. The molecule has 0 aliphatic carbocycles. The number of hydrogen-bond acceptors (Lipinski definition) is 8. The van der Waals surface area contributed by atoms with E-state index < -0.39 is 14.9 Å². The van der Waals surface area contributed by atoms with Crippen LogP contribution in [0.1, 0.15) is 30.1 Å². The molecule has 1 aliphatic rings. The van der Waals surface area contributed by atoms with Gasteiger partial charge < -0.3 is 10.1 Å². The second kappa shape index (κ2) is 10.5. The van der Waals surface area contributed by atoms with E-state index in [4.69, 9.17) is 4.74 Å². The van der Waals surface area contributed by atoms with Gasteiger partial charge in [0.25, 0.3) is 5.69 Å². The topological polar surface area (TPSA) is 136 Å². The van der Waals surface area contributed by atoms with Gasteiger partial charge in [-0.15, -0.1) is 0 Å². The first kappa shape index (κ1) is 24.3. The van der Waals surface area contributed by atoms with Crippen molar-refractivity contribution in [3.05, 3.63) is 64.2 Å². The largest absolute Gasteiger partial charge is 0.466 e. The van der Waals surface area contributed by atoms with Gasteiger partial charge in [-0.25, -0.2) is 8.42 Å². The van der Waals surface area contributed by atoms with Crippen molar-refractivity contribution in [1.29, 1.82) is 0 Å². The molecule has 1 saturated heterocycles. The lowest BCUT2D eigenvalue weighted by molar-refractivity contribution is -0.384. The fraction of sp³-hybridized carbons (Fsp3) is 0.364. The summed E-state index contributed by atoms with van der Waals surface area (Å²) in [5.41, 5.74) is 0.699. The molecule has 0 amide bonds. The maximum atomic E-state index is 13.1. The Morgan fingerprint density at radius 2 is 1.82 bits per heavy atom. The molecule has 0 aromatic heterocycles. The number of rotatable bonds is 9. The van der Waals surface area contributed by atoms with Gasteiger partial charge in [0.05, 0.1) is 28.9 Å². The van der Waals surface area contributed by atoms with Crippen LogP contribution in [0.25, 0.3) is 0 Å². The molecule has 0 atom stereocenters. The average molecular weight is 476 g/mol. The predicted molar refractivity (Wildman–Crippen MR) is 120 cm³/mol. The maximum Gasteiger partial charge on any atom is 0.309 e. The molecule has 0 bridgehead atoms. The maximum absolute atomic E-state index is 13.1. The number of carbonyl (C=O) groups is 2. The van der Waals surface area contributed by atoms with Crippen molar-refractivity contribution in [1.82, 2.24) is 4.31 Å². The van der Waals surface area contributed by atoms with Gasteiger partial charge in [-0.05, 0) is 44.0 Å². The Bertz CT molecular complexity index is 1120. The van der Waals surface area contributed by atoms with Gasteiger partial charge in [0.1, 0.15) is 0 Å². The van der Waals surface area contributed by atoms with Crippen molar-refractivity contribution in [2.24, 2.45) is 5.92 Å². The number of anilines is 1. The molecule has 10 nitrogen and oxygen atoms in total. The average Bonchev–Trinajstić information content (AvgIpc) is 2.83. The summed E-state index contributed by atoms with van der Waals surface area (Å²) >= 11 is 0. The fourth-order valence-electron chi connectivity index (χ4n) is 3.56. The highest BCUT2D eigenvalue weighted by atomic mass is 32.2. The first-order valence-corrected chi connectivity index (χ1v) is 11.9. The number of piperidine rings is 1. The SMILES string of the molecule is CCOC(=O)C1CCN(S(=O)(=O)c2cccc(C(=O)CNc3ccc([N+](=O)[O-])cc3)c2)CC1. The van der Waals surface area contributed by atoms with Crippen LogP contribution < -0.4 is 5.32 Å². The Labute approximate surface area is 191 Å². The predicted octanol–water partition coefficient (Wildman–Crippen LogP) is 2.85. The zero-order chi connectivity index (χ0) is 24.0. The summed E-state index contributed by atoms with van der Waals surface area (Å²) in [5.74, 6) is -0.941. The number of Topliss-reactive ketones (excluding diaryl/α,β-unsaturated/α-hetero) is 1. The number of nitro benzene ring substituents is 1. The van der Waals surface area contributed by atoms with Gasteiger partial charge in [-0.2, -0.15) is 4.31 Å². The van der Waals surface area contributed by atoms with Gasteiger partial charge in [0.15, 0.2) is 5.78 Å². The highest BCUT2D eigenvalue weighted by Gasteiger charge is 2.33. The Hall–Kier alpha value is -3.31. The van der Waals surface area contributed by atoms with E-state index in [9.17, 15) is 28.1 Å². The third-order valence-electron chi connectivity index (χ3n) is 5.40. The first-order valence-electron chi connectivity index (χ1n) is 10.5. The van der Waals surface area contributed by atoms with Crippen LogP contribution in [-0.4, -0.2) is 55.6 Å². The minimum absolute atomic E-state index is 0.0123. The summed E-state index contributed by atoms with van der Waals surface area (Å²) in [7, 11) is -3.81. The summed E-state index contributed by atoms with van der Waals surface area (Å²) in [5, 5.41) is 13.6. The number of carbonyl (C=O) groups excluding carboxylic acids is 2. The minimum Gasteiger partial charge on any atom is -0.466 e. The van der Waals surface area contributed by atoms with Crippen LogP contribution in [0.5, 0.6) is 0 Å². The van der Waals surface area contributed by atoms with E-state index in [1.165, 1.54) is 52.8 Å². The molecular formula is C22H25N3O7S. The molecule has 0 saturated carbocycles. The van der Waals surface area contributed by atoms with E-state index >= 15 is 0 Å². The van der Waals surface area contributed by atoms with Crippen LogP contribution >= 0.6 is 0 Å². The quantitative estimate of drug-likeness (QED) is 0.253. The molecule has 176 valence electrons. The Morgan fingerprint density at radius 1 is 1.15 bits per heavy atom. The van der Waals surface area contributed by atoms with Crippen molar-refractivity contribution in [3.63, 3.8) is 0 Å². The minimum atomic E-state index is -3.81. The molecule has 1 N–H and O–H groups in total. The summed E-state index contributed by atoms with van der Waals surface area (Å²) in [6.07, 6.45) is 0.770. The number of nitrogens with zero attached hydrogens (tertiary/aromatic N) is 2. The molecule has 0 radical (unpaired) electrons. The summed E-state index contributed by atoms with van der Waals surface area (Å²) in [6.45, 7) is 2.31. The second-order valence-electron chi connectivity index (χ2n) is 7.54. The number of non-ortho nitro benzene ring substituents is 1.